The topological polar surface area (TPSA) is 78.4 Å². The molecular weight excluding hydrogens is 244 g/mol. The van der Waals surface area contributed by atoms with Crippen LogP contribution in [0.4, 0.5) is 0 Å². The van der Waals surface area contributed by atoms with Gasteiger partial charge in [-0.2, -0.15) is 0 Å². The Morgan fingerprint density at radius 2 is 1.95 bits per heavy atom. The minimum absolute atomic E-state index is 0.0172. The third-order valence-electron chi connectivity index (χ3n) is 3.63. The fourth-order valence-electron chi connectivity index (χ4n) is 2.53. The molecule has 1 amide bonds. The molecule has 1 fully saturated rings. The maximum Gasteiger partial charge on any atom is 0.306 e. The Morgan fingerprint density at radius 3 is 2.58 bits per heavy atom. The molecule has 3 N–H and O–H groups in total. The van der Waals surface area contributed by atoms with E-state index < -0.39 is 5.97 Å². The number of carbonyl (C=O) groups is 2. The quantitative estimate of drug-likeness (QED) is 0.650. The van der Waals surface area contributed by atoms with Gasteiger partial charge in [-0.1, -0.05) is 26.7 Å². The standard InChI is InChI=1S/C14H26N2O3/c1-10(2)7-16-13(17)9-15-8-11-5-3-4-6-12(11)14(18)19/h10-12,15H,3-9H2,1-2H3,(H,16,17)(H,18,19). The number of rotatable bonds is 7. The number of aliphatic carboxylic acids is 1. The predicted molar refractivity (Wildman–Crippen MR) is 73.8 cm³/mol. The zero-order valence-corrected chi connectivity index (χ0v) is 11.9. The van der Waals surface area contributed by atoms with Gasteiger partial charge in [0.1, 0.15) is 0 Å². The first kappa shape index (κ1) is 16.0. The van der Waals surface area contributed by atoms with Crippen LogP contribution in [-0.4, -0.2) is 36.6 Å². The summed E-state index contributed by atoms with van der Waals surface area (Å²) in [5, 5.41) is 15.1. The Balaban J connectivity index is 2.23. The van der Waals surface area contributed by atoms with Crippen LogP contribution in [0, 0.1) is 17.8 Å². The van der Waals surface area contributed by atoms with E-state index in [9.17, 15) is 9.59 Å². The van der Waals surface area contributed by atoms with E-state index in [0.29, 0.717) is 19.0 Å². The van der Waals surface area contributed by atoms with Gasteiger partial charge >= 0.3 is 5.97 Å². The fourth-order valence-corrected chi connectivity index (χ4v) is 2.53. The van der Waals surface area contributed by atoms with Crippen LogP contribution < -0.4 is 10.6 Å². The zero-order valence-electron chi connectivity index (χ0n) is 11.9. The van der Waals surface area contributed by atoms with Gasteiger partial charge in [0.25, 0.3) is 0 Å². The largest absolute Gasteiger partial charge is 0.481 e. The molecule has 1 saturated carbocycles. The highest BCUT2D eigenvalue weighted by atomic mass is 16.4. The molecule has 2 unspecified atom stereocenters. The number of hydrogen-bond donors (Lipinski definition) is 3. The van der Waals surface area contributed by atoms with Crippen molar-refractivity contribution < 1.29 is 14.7 Å². The first-order chi connectivity index (χ1) is 9.00. The molecular formula is C14H26N2O3. The number of hydrogen-bond acceptors (Lipinski definition) is 3. The Bertz CT molecular complexity index is 305. The summed E-state index contributed by atoms with van der Waals surface area (Å²) in [6, 6.07) is 0. The van der Waals surface area contributed by atoms with E-state index in [2.05, 4.69) is 10.6 Å². The Labute approximate surface area is 115 Å². The third-order valence-corrected chi connectivity index (χ3v) is 3.63. The average Bonchev–Trinajstić information content (AvgIpc) is 2.36. The molecule has 5 heteroatoms. The monoisotopic (exact) mass is 270 g/mol. The van der Waals surface area contributed by atoms with Crippen molar-refractivity contribution in [3.63, 3.8) is 0 Å². The van der Waals surface area contributed by atoms with Crippen molar-refractivity contribution in [3.8, 4) is 0 Å². The minimum atomic E-state index is -0.698. The molecule has 0 aromatic rings. The summed E-state index contributed by atoms with van der Waals surface area (Å²) >= 11 is 0. The molecule has 2 atom stereocenters. The molecule has 0 heterocycles. The number of amides is 1. The summed E-state index contributed by atoms with van der Waals surface area (Å²) in [4.78, 5) is 22.6. The van der Waals surface area contributed by atoms with Crippen molar-refractivity contribution in [3.05, 3.63) is 0 Å². The second kappa shape index (κ2) is 8.15. The van der Waals surface area contributed by atoms with Crippen LogP contribution in [0.1, 0.15) is 39.5 Å². The lowest BCUT2D eigenvalue weighted by atomic mass is 9.79. The van der Waals surface area contributed by atoms with E-state index in [1.54, 1.807) is 0 Å². The summed E-state index contributed by atoms with van der Waals surface area (Å²) in [6.07, 6.45) is 3.80. The van der Waals surface area contributed by atoms with Gasteiger partial charge in [-0.15, -0.1) is 0 Å². The summed E-state index contributed by atoms with van der Waals surface area (Å²) in [5.74, 6) is -0.366. The van der Waals surface area contributed by atoms with E-state index >= 15 is 0 Å². The van der Waals surface area contributed by atoms with Crippen LogP contribution in [-0.2, 0) is 9.59 Å². The van der Waals surface area contributed by atoms with Gasteiger partial charge in [0, 0.05) is 6.54 Å². The molecule has 1 aliphatic carbocycles. The predicted octanol–water partition coefficient (Wildman–Crippen LogP) is 1.24. The number of carboxylic acids is 1. The van der Waals surface area contributed by atoms with Gasteiger partial charge in [0.2, 0.25) is 5.91 Å². The van der Waals surface area contributed by atoms with Crippen molar-refractivity contribution in [1.29, 1.82) is 0 Å². The molecule has 1 rings (SSSR count). The molecule has 5 nitrogen and oxygen atoms in total. The SMILES string of the molecule is CC(C)CNC(=O)CNCC1CCCCC1C(=O)O. The summed E-state index contributed by atoms with van der Waals surface area (Å²) in [5.41, 5.74) is 0. The molecule has 0 aromatic heterocycles. The smallest absolute Gasteiger partial charge is 0.306 e. The van der Waals surface area contributed by atoms with E-state index in [0.717, 1.165) is 25.7 Å². The third kappa shape index (κ3) is 6.05. The van der Waals surface area contributed by atoms with Crippen molar-refractivity contribution >= 4 is 11.9 Å². The highest BCUT2D eigenvalue weighted by molar-refractivity contribution is 5.78. The molecule has 0 bridgehead atoms. The summed E-state index contributed by atoms with van der Waals surface area (Å²) < 4.78 is 0. The first-order valence-electron chi connectivity index (χ1n) is 7.21. The lowest BCUT2D eigenvalue weighted by Crippen LogP contribution is -2.40. The highest BCUT2D eigenvalue weighted by Crippen LogP contribution is 2.29. The molecule has 0 spiro atoms. The highest BCUT2D eigenvalue weighted by Gasteiger charge is 2.30. The van der Waals surface area contributed by atoms with Crippen LogP contribution in [0.15, 0.2) is 0 Å². The number of carbonyl (C=O) groups excluding carboxylic acids is 1. The molecule has 0 aliphatic heterocycles. The maximum atomic E-state index is 11.5. The first-order valence-corrected chi connectivity index (χ1v) is 7.21. The van der Waals surface area contributed by atoms with Crippen LogP contribution >= 0.6 is 0 Å². The maximum absolute atomic E-state index is 11.5. The second-order valence-electron chi connectivity index (χ2n) is 5.82. The van der Waals surface area contributed by atoms with Gasteiger partial charge in [0.15, 0.2) is 0 Å². The Morgan fingerprint density at radius 1 is 1.26 bits per heavy atom. The van der Waals surface area contributed by atoms with Gasteiger partial charge in [-0.3, -0.25) is 9.59 Å². The van der Waals surface area contributed by atoms with Gasteiger partial charge in [-0.25, -0.2) is 0 Å². The molecule has 1 aliphatic rings. The van der Waals surface area contributed by atoms with Crippen molar-refractivity contribution in [2.45, 2.75) is 39.5 Å². The number of nitrogens with one attached hydrogen (secondary N) is 2. The number of carboxylic acid groups (broad SMARTS) is 1. The Kier molecular flexibility index (Phi) is 6.84. The zero-order chi connectivity index (χ0) is 14.3. The van der Waals surface area contributed by atoms with E-state index in [4.69, 9.17) is 5.11 Å². The lowest BCUT2D eigenvalue weighted by molar-refractivity contribution is -0.144. The summed E-state index contributed by atoms with van der Waals surface area (Å²) in [7, 11) is 0. The van der Waals surface area contributed by atoms with E-state index in [1.165, 1.54) is 0 Å². The molecule has 110 valence electrons. The van der Waals surface area contributed by atoms with Gasteiger partial charge < -0.3 is 15.7 Å². The van der Waals surface area contributed by atoms with Gasteiger partial charge in [0.05, 0.1) is 12.5 Å². The lowest BCUT2D eigenvalue weighted by Gasteiger charge is -2.28. The minimum Gasteiger partial charge on any atom is -0.481 e. The average molecular weight is 270 g/mol. The molecule has 0 radical (unpaired) electrons. The fraction of sp³-hybridized carbons (Fsp3) is 0.857. The summed E-state index contributed by atoms with van der Waals surface area (Å²) in [6.45, 7) is 5.67. The Hall–Kier alpha value is -1.10. The van der Waals surface area contributed by atoms with Crippen LogP contribution in [0.5, 0.6) is 0 Å². The van der Waals surface area contributed by atoms with Crippen molar-refractivity contribution in [2.24, 2.45) is 17.8 Å². The molecule has 0 aromatic carbocycles. The van der Waals surface area contributed by atoms with E-state index in [1.807, 2.05) is 13.8 Å². The molecule has 19 heavy (non-hydrogen) atoms. The molecule has 0 saturated heterocycles. The second-order valence-corrected chi connectivity index (χ2v) is 5.82. The van der Waals surface area contributed by atoms with Crippen LogP contribution in [0.3, 0.4) is 0 Å². The van der Waals surface area contributed by atoms with Crippen LogP contribution in [0.25, 0.3) is 0 Å². The van der Waals surface area contributed by atoms with Crippen molar-refractivity contribution in [2.75, 3.05) is 19.6 Å². The van der Waals surface area contributed by atoms with Gasteiger partial charge in [-0.05, 0) is 31.2 Å². The van der Waals surface area contributed by atoms with Crippen LogP contribution in [0.2, 0.25) is 0 Å². The normalized spacial score (nSPS) is 23.3. The van der Waals surface area contributed by atoms with E-state index in [-0.39, 0.29) is 24.3 Å². The van der Waals surface area contributed by atoms with Crippen molar-refractivity contribution in [1.82, 2.24) is 10.6 Å².